The number of aliphatic carboxylic acids is 1. The van der Waals surface area contributed by atoms with Crippen LogP contribution >= 0.6 is 19.6 Å². The van der Waals surface area contributed by atoms with Crippen molar-refractivity contribution in [2.45, 2.75) is 166 Å². The number of thioether (sulfide) groups is 1. The van der Waals surface area contributed by atoms with E-state index in [2.05, 4.69) is 67.0 Å². The van der Waals surface area contributed by atoms with Gasteiger partial charge < -0.3 is 35.2 Å². The van der Waals surface area contributed by atoms with Gasteiger partial charge in [0.2, 0.25) is 0 Å². The highest BCUT2D eigenvalue weighted by Gasteiger charge is 2.26. The topological polar surface area (TPSA) is 203 Å². The number of allylic oxidation sites excluding steroid dienone is 13. The van der Waals surface area contributed by atoms with E-state index in [9.17, 15) is 33.8 Å². The van der Waals surface area contributed by atoms with Gasteiger partial charge in [0.1, 0.15) is 12.6 Å². The highest BCUT2D eigenvalue weighted by atomic mass is 32.2. The summed E-state index contributed by atoms with van der Waals surface area (Å²) < 4.78 is 26.5. The zero-order chi connectivity index (χ0) is 44.5. The average Bonchev–Trinajstić information content (AvgIpc) is 3.20. The van der Waals surface area contributed by atoms with E-state index in [1.165, 1.54) is 50.3 Å². The number of carboxylic acids is 1. The first-order chi connectivity index (χ1) is 28.9. The molecule has 60 heavy (non-hydrogen) atoms. The van der Waals surface area contributed by atoms with Gasteiger partial charge in [0, 0.05) is 23.8 Å². The van der Waals surface area contributed by atoms with Gasteiger partial charge in [-0.25, -0.2) is 4.57 Å². The quantitative estimate of drug-likeness (QED) is 0.0128. The van der Waals surface area contributed by atoms with Crippen molar-refractivity contribution in [2.75, 3.05) is 19.0 Å². The second-order valence-corrected chi connectivity index (χ2v) is 17.0. The molecule has 4 atom stereocenters. The molecule has 0 fully saturated rings. The summed E-state index contributed by atoms with van der Waals surface area (Å²) in [6.45, 7) is 3.16. The number of hydrogen-bond acceptors (Lipinski definition) is 10. The Labute approximate surface area is 364 Å². The number of aliphatic hydroxyl groups excluding tert-OH is 1. The third-order valence-electron chi connectivity index (χ3n) is 8.88. The highest BCUT2D eigenvalue weighted by molar-refractivity contribution is 8.00. The van der Waals surface area contributed by atoms with Gasteiger partial charge in [-0.15, -0.1) is 11.8 Å². The first kappa shape index (κ1) is 57.0. The summed E-state index contributed by atoms with van der Waals surface area (Å²) in [7, 11) is -4.90. The van der Waals surface area contributed by atoms with Crippen molar-refractivity contribution >= 4 is 37.5 Å². The maximum absolute atomic E-state index is 12.8. The summed E-state index contributed by atoms with van der Waals surface area (Å²) >= 11 is 1.20. The van der Waals surface area contributed by atoms with Crippen LogP contribution in [-0.4, -0.2) is 80.4 Å². The summed E-state index contributed by atoms with van der Waals surface area (Å²) in [5.74, 6) is -2.38. The monoisotopic (exact) mass is 881 g/mol. The maximum Gasteiger partial charge on any atom is 0.469 e. The van der Waals surface area contributed by atoms with Crippen molar-refractivity contribution in [3.63, 3.8) is 0 Å². The van der Waals surface area contributed by atoms with Crippen molar-refractivity contribution in [1.82, 2.24) is 0 Å². The Balaban J connectivity index is 4.87. The van der Waals surface area contributed by atoms with E-state index in [0.717, 1.165) is 57.8 Å². The van der Waals surface area contributed by atoms with Crippen molar-refractivity contribution in [2.24, 2.45) is 5.73 Å². The molecule has 342 valence electrons. The van der Waals surface area contributed by atoms with Gasteiger partial charge >= 0.3 is 25.7 Å². The van der Waals surface area contributed by atoms with Crippen LogP contribution in [0.5, 0.6) is 0 Å². The van der Waals surface area contributed by atoms with E-state index < -0.39 is 62.4 Å². The lowest BCUT2D eigenvalue weighted by Gasteiger charge is -2.22. The van der Waals surface area contributed by atoms with Crippen LogP contribution in [0.15, 0.2) is 85.1 Å². The van der Waals surface area contributed by atoms with Crippen LogP contribution in [0.25, 0.3) is 0 Å². The minimum atomic E-state index is -4.90. The summed E-state index contributed by atoms with van der Waals surface area (Å²) in [5.41, 5.74) is 6.10. The maximum atomic E-state index is 12.8. The summed E-state index contributed by atoms with van der Waals surface area (Å²) in [4.78, 5) is 54.7. The summed E-state index contributed by atoms with van der Waals surface area (Å²) in [5, 5.41) is 19.3. The van der Waals surface area contributed by atoms with Gasteiger partial charge in [0.05, 0.1) is 12.7 Å². The number of carbonyl (C=O) groups excluding carboxylic acids is 2. The molecule has 0 aliphatic heterocycles. The van der Waals surface area contributed by atoms with Gasteiger partial charge in [-0.1, -0.05) is 137 Å². The van der Waals surface area contributed by atoms with Crippen molar-refractivity contribution in [3.05, 3.63) is 85.1 Å². The van der Waals surface area contributed by atoms with Gasteiger partial charge in [-0.3, -0.25) is 18.9 Å². The van der Waals surface area contributed by atoms with Gasteiger partial charge in [0.15, 0.2) is 6.10 Å². The standard InChI is InChI=1S/C46H76NO11PS/c1-3-5-7-9-11-13-15-17-18-19-20-21-23-25-27-29-31-36-45(51)58-40(38-57-59(53,54)55)37-56-46(52)41(47)39-60-43(42(48)33-32-35-44(49)50)34-30-28-26-24-22-16-14-12-10-8-6-4-2/h11-14,17-18,20-22,24,26,28,30,34,40-43,48H,3-10,15-16,19,23,25,27,29,31-33,35-39,47H2,1-2H3,(H,49,50)(H2,53,54,55)/b13-11-,14-12-,18-17-,21-20-,24-22-,28-26+,34-30+/t40-,41+,42+,43-/m1/s1. The molecule has 0 rings (SSSR count). The van der Waals surface area contributed by atoms with Crippen LogP contribution < -0.4 is 5.73 Å². The molecule has 0 aliphatic rings. The van der Waals surface area contributed by atoms with E-state index in [-0.39, 0.29) is 31.4 Å². The van der Waals surface area contributed by atoms with E-state index in [4.69, 9.17) is 20.3 Å². The lowest BCUT2D eigenvalue weighted by atomic mass is 10.1. The number of phosphoric acid groups is 1. The molecule has 0 aromatic rings. The highest BCUT2D eigenvalue weighted by Crippen LogP contribution is 2.36. The van der Waals surface area contributed by atoms with Gasteiger partial charge in [0.25, 0.3) is 0 Å². The molecular weight excluding hydrogens is 806 g/mol. The number of carboxylic acid groups (broad SMARTS) is 1. The number of hydrogen-bond donors (Lipinski definition) is 5. The minimum absolute atomic E-state index is 0.0332. The average molecular weight is 882 g/mol. The largest absolute Gasteiger partial charge is 0.481 e. The Bertz CT molecular complexity index is 1370. The molecular formula is C46H76NO11PS. The predicted octanol–water partition coefficient (Wildman–Crippen LogP) is 10.2. The van der Waals surface area contributed by atoms with Crippen molar-refractivity contribution in [1.29, 1.82) is 0 Å². The van der Waals surface area contributed by atoms with Crippen LogP contribution in [0.4, 0.5) is 0 Å². The predicted molar refractivity (Wildman–Crippen MR) is 244 cm³/mol. The third kappa shape index (κ3) is 39.1. The zero-order valence-electron chi connectivity index (χ0n) is 36.2. The fourth-order valence-corrected chi connectivity index (χ4v) is 6.95. The number of ether oxygens (including phenoxy) is 2. The zero-order valence-corrected chi connectivity index (χ0v) is 37.9. The van der Waals surface area contributed by atoms with Crippen LogP contribution in [-0.2, 0) is 32.9 Å². The molecule has 0 radical (unpaired) electrons. The SMILES string of the molecule is CCCCC/C=C\C\C=C/C=C/C=C/[C@@H](SC[C@H](N)C(=O)OC[C@H](COP(=O)(O)O)OC(=O)CCCCCC/C=C\C/C=C\C/C=C\CCCCC)[C@@H](O)CCCC(=O)O. The number of aliphatic hydroxyl groups is 1. The Hall–Kier alpha value is -3.03. The van der Waals surface area contributed by atoms with E-state index in [1.54, 1.807) is 12.2 Å². The first-order valence-electron chi connectivity index (χ1n) is 21.8. The molecule has 12 nitrogen and oxygen atoms in total. The van der Waals surface area contributed by atoms with E-state index in [0.29, 0.717) is 6.42 Å². The van der Waals surface area contributed by atoms with Crippen LogP contribution in [0.1, 0.15) is 142 Å². The Morgan fingerprint density at radius 2 is 1.23 bits per heavy atom. The Morgan fingerprint density at radius 1 is 0.683 bits per heavy atom. The van der Waals surface area contributed by atoms with E-state index >= 15 is 0 Å². The molecule has 0 spiro atoms. The number of carbonyl (C=O) groups is 3. The molecule has 0 heterocycles. The molecule has 0 saturated heterocycles. The van der Waals surface area contributed by atoms with Crippen LogP contribution in [0.3, 0.4) is 0 Å². The molecule has 0 aromatic carbocycles. The number of nitrogens with two attached hydrogens (primary N) is 1. The Kier molecular flexibility index (Phi) is 38.0. The van der Waals surface area contributed by atoms with E-state index in [1.807, 2.05) is 24.3 Å². The minimum Gasteiger partial charge on any atom is -0.481 e. The summed E-state index contributed by atoms with van der Waals surface area (Å²) in [6, 6.07) is -1.15. The fourth-order valence-electron chi connectivity index (χ4n) is 5.47. The lowest BCUT2D eigenvalue weighted by Crippen LogP contribution is -2.38. The molecule has 0 aliphatic carbocycles. The molecule has 0 aromatic heterocycles. The number of rotatable bonds is 39. The molecule has 14 heteroatoms. The van der Waals surface area contributed by atoms with Crippen molar-refractivity contribution < 1.29 is 52.9 Å². The molecule has 0 saturated carbocycles. The molecule has 0 unspecified atom stereocenters. The second-order valence-electron chi connectivity index (χ2n) is 14.5. The summed E-state index contributed by atoms with van der Waals surface area (Å²) in [6.07, 6.45) is 43.4. The second kappa shape index (κ2) is 40.1. The van der Waals surface area contributed by atoms with Gasteiger partial charge in [-0.2, -0.15) is 0 Å². The van der Waals surface area contributed by atoms with Crippen LogP contribution in [0.2, 0.25) is 0 Å². The number of esters is 2. The molecule has 0 amide bonds. The molecule has 6 N–H and O–H groups in total. The third-order valence-corrected chi connectivity index (χ3v) is 10.8. The smallest absolute Gasteiger partial charge is 0.469 e. The van der Waals surface area contributed by atoms with Crippen molar-refractivity contribution in [3.8, 4) is 0 Å². The Morgan fingerprint density at radius 3 is 1.82 bits per heavy atom. The molecule has 0 bridgehead atoms. The number of unbranched alkanes of at least 4 members (excludes halogenated alkanes) is 10. The van der Waals surface area contributed by atoms with Crippen LogP contribution in [0, 0.1) is 0 Å². The normalized spacial score (nSPS) is 14.8. The van der Waals surface area contributed by atoms with Gasteiger partial charge in [-0.05, 0) is 77.0 Å². The fraction of sp³-hybridized carbons (Fsp3) is 0.630. The first-order valence-corrected chi connectivity index (χ1v) is 24.4. The number of phosphoric ester groups is 1. The lowest BCUT2D eigenvalue weighted by molar-refractivity contribution is -0.161.